The van der Waals surface area contributed by atoms with Crippen LogP contribution in [-0.2, 0) is 60.8 Å². The van der Waals surface area contributed by atoms with Crippen LogP contribution in [0.5, 0.6) is 5.75 Å². The molecule has 22 N–H and O–H groups in total. The van der Waals surface area contributed by atoms with Gasteiger partial charge in [0.25, 0.3) is 0 Å². The third kappa shape index (κ3) is 29.4. The van der Waals surface area contributed by atoms with Crippen molar-refractivity contribution in [2.75, 3.05) is 19.6 Å². The molecule has 3 rings (SSSR count). The van der Waals surface area contributed by atoms with Crippen LogP contribution in [0, 0.1) is 29.6 Å². The van der Waals surface area contributed by atoms with E-state index >= 15 is 0 Å². The van der Waals surface area contributed by atoms with E-state index in [1.165, 1.54) is 24.3 Å². The fourth-order valence-electron chi connectivity index (χ4n) is 10.2. The van der Waals surface area contributed by atoms with Crippen LogP contribution in [0.3, 0.4) is 0 Å². The van der Waals surface area contributed by atoms with Crippen molar-refractivity contribution in [3.8, 4) is 5.75 Å². The van der Waals surface area contributed by atoms with E-state index in [9.17, 15) is 58.2 Å². The molecule has 29 nitrogen and oxygen atoms in total. The highest BCUT2D eigenvalue weighted by Gasteiger charge is 2.36. The summed E-state index contributed by atoms with van der Waals surface area (Å²) in [6.07, 6.45) is 2.69. The van der Waals surface area contributed by atoms with Gasteiger partial charge in [-0.2, -0.15) is 0 Å². The number of aromatic hydroxyl groups is 1. The van der Waals surface area contributed by atoms with Crippen molar-refractivity contribution in [2.45, 2.75) is 194 Å². The zero-order valence-electron chi connectivity index (χ0n) is 55.4. The normalized spacial score (nSPS) is 14.3. The number of nitrogens with two attached hydrogens (primary N) is 5. The molecule has 0 saturated heterocycles. The molecule has 0 saturated carbocycles. The highest BCUT2D eigenvalue weighted by molar-refractivity contribution is 5.99. The number of aromatic amines is 1. The van der Waals surface area contributed by atoms with Gasteiger partial charge in [-0.1, -0.05) is 99.6 Å². The number of phenolic OH excluding ortho intramolecular Hbond substituents is 1. The molecule has 0 aliphatic heterocycles. The Kier molecular flexibility index (Phi) is 33.1. The number of carboxylic acid groups (broad SMARTS) is 1. The average molecular weight is 1300 g/mol. The maximum absolute atomic E-state index is 15.0. The first-order chi connectivity index (χ1) is 43.7. The molecule has 0 fully saturated rings. The maximum Gasteiger partial charge on any atom is 0.326 e. The van der Waals surface area contributed by atoms with E-state index in [2.05, 4.69) is 62.8 Å². The SMILES string of the molecule is CC(C)C[C@H](NC(=O)[C@H](CC(C)C)NC(=O)[C@H](CC(C)C)NC(=O)[C@H](CCCN=C(N)N)NC(=O)[C@H](Cc1c[nH]c2ccccc12)NC(=O)[C@H](CC(C)C)NC(=O)[C@H](CC(C)C)NC(=O)[C@@H](N)CCCN=C(N)N)C(=O)NCC(=O)N[C@@H](Cc1ccc(O)cc1)C(=O)O. The lowest BCUT2D eigenvalue weighted by Gasteiger charge is -2.29. The molecule has 0 unspecified atom stereocenters. The van der Waals surface area contributed by atoms with Gasteiger partial charge >= 0.3 is 5.97 Å². The lowest BCUT2D eigenvalue weighted by molar-refractivity contribution is -0.141. The number of aliphatic imine (C=N–C) groups is 2. The average Bonchev–Trinajstić information content (AvgIpc) is 1.77. The van der Waals surface area contributed by atoms with Gasteiger partial charge < -0.3 is 91.7 Å². The molecule has 516 valence electrons. The van der Waals surface area contributed by atoms with Crippen LogP contribution in [0.2, 0.25) is 0 Å². The molecule has 1 aromatic heterocycles. The van der Waals surface area contributed by atoms with E-state index in [-0.39, 0.29) is 125 Å². The summed E-state index contributed by atoms with van der Waals surface area (Å²) in [7, 11) is 0. The van der Waals surface area contributed by atoms with Crippen molar-refractivity contribution in [3.05, 3.63) is 65.9 Å². The molecule has 0 aliphatic rings. The Bertz CT molecular complexity index is 3010. The molecule has 1 heterocycles. The number of phenols is 1. The van der Waals surface area contributed by atoms with Crippen molar-refractivity contribution in [1.82, 2.24) is 52.8 Å². The Balaban J connectivity index is 1.95. The van der Waals surface area contributed by atoms with E-state index in [1.807, 2.05) is 93.5 Å². The number of nitrogens with zero attached hydrogens (tertiary/aromatic N) is 2. The van der Waals surface area contributed by atoms with Crippen molar-refractivity contribution in [1.29, 1.82) is 0 Å². The first kappa shape index (κ1) is 78.2. The quantitative estimate of drug-likeness (QED) is 0.0208. The summed E-state index contributed by atoms with van der Waals surface area (Å²) in [4.78, 5) is 151. The Morgan fingerprint density at radius 2 is 0.849 bits per heavy atom. The van der Waals surface area contributed by atoms with Gasteiger partial charge in [0.1, 0.15) is 54.1 Å². The van der Waals surface area contributed by atoms with Crippen molar-refractivity contribution in [3.63, 3.8) is 0 Å². The zero-order chi connectivity index (χ0) is 69.6. The second kappa shape index (κ2) is 39.4. The van der Waals surface area contributed by atoms with Gasteiger partial charge in [-0.05, 0) is 117 Å². The van der Waals surface area contributed by atoms with Gasteiger partial charge in [0, 0.05) is 43.0 Å². The second-order valence-corrected chi connectivity index (χ2v) is 25.7. The lowest BCUT2D eigenvalue weighted by atomic mass is 9.98. The number of amides is 9. The zero-order valence-corrected chi connectivity index (χ0v) is 55.4. The number of aromatic nitrogens is 1. The Hall–Kier alpha value is -9.02. The van der Waals surface area contributed by atoms with Gasteiger partial charge in [0.2, 0.25) is 53.2 Å². The summed E-state index contributed by atoms with van der Waals surface area (Å²) in [5.74, 6) is -9.18. The molecule has 0 radical (unpaired) electrons. The molecule has 0 aliphatic carbocycles. The van der Waals surface area contributed by atoms with Crippen molar-refractivity contribution < 1.29 is 58.2 Å². The number of benzene rings is 2. The first-order valence-corrected chi connectivity index (χ1v) is 31.8. The summed E-state index contributed by atoms with van der Waals surface area (Å²) >= 11 is 0. The topological polar surface area (TPSA) is 490 Å². The Labute approximate surface area is 544 Å². The molecule has 29 heteroatoms. The Morgan fingerprint density at radius 3 is 1.29 bits per heavy atom. The molecule has 9 atom stereocenters. The number of aliphatic carboxylic acids is 1. The largest absolute Gasteiger partial charge is 0.508 e. The minimum Gasteiger partial charge on any atom is -0.508 e. The predicted octanol–water partition coefficient (Wildman–Crippen LogP) is 0.403. The number of hydrogen-bond acceptors (Lipinski definition) is 14. The summed E-state index contributed by atoms with van der Waals surface area (Å²) < 4.78 is 0. The van der Waals surface area contributed by atoms with Crippen LogP contribution >= 0.6 is 0 Å². The number of rotatable bonds is 41. The number of nitrogens with one attached hydrogen (secondary N) is 10. The van der Waals surface area contributed by atoms with Crippen LogP contribution in [0.25, 0.3) is 10.9 Å². The van der Waals surface area contributed by atoms with Gasteiger partial charge in [-0.15, -0.1) is 0 Å². The number of guanidine groups is 2. The standard InChI is InChI=1S/C64H103N17O12/c1-34(2)25-46(55(85)73-33-53(83)74-52(62(92)93)30-39-19-21-41(82)22-20-39)77-58(88)49(28-37(7)8)80-59(89)48(27-36(5)6)78-56(86)45(18-14-24-71-64(68)69)75-61(91)51(31-40-32-72-44-17-12-11-15-42(40)44)81-60(90)50(29-38(9)10)79-57(87)47(26-35(3)4)76-54(84)43(65)16-13-23-70-63(66)67/h11-12,15,17,19-22,32,34-38,43,45-52,72,82H,13-14,16,18,23-31,33,65H2,1-10H3,(H,73,85)(H,74,83)(H,75,91)(H,76,84)(H,77,88)(H,78,86)(H,79,87)(H,80,89)(H,81,90)(H,92,93)(H4,66,67,70)(H4,68,69,71)/t43-,45-,46-,47-,48-,49-,50-,51-,52-/m0/s1. The highest BCUT2D eigenvalue weighted by atomic mass is 16.4. The fourth-order valence-corrected chi connectivity index (χ4v) is 10.2. The van der Waals surface area contributed by atoms with Gasteiger partial charge in [0.05, 0.1) is 12.6 Å². The summed E-state index contributed by atoms with van der Waals surface area (Å²) in [6.45, 7) is 18.0. The molecular weight excluding hydrogens is 1200 g/mol. The van der Waals surface area contributed by atoms with E-state index in [4.69, 9.17) is 28.7 Å². The van der Waals surface area contributed by atoms with E-state index < -0.39 is 120 Å². The number of fused-ring (bicyclic) bond motifs is 1. The number of carbonyl (C=O) groups excluding carboxylic acids is 9. The molecule has 0 bridgehead atoms. The smallest absolute Gasteiger partial charge is 0.326 e. The van der Waals surface area contributed by atoms with Crippen LogP contribution in [0.15, 0.2) is 64.7 Å². The lowest BCUT2D eigenvalue weighted by Crippen LogP contribution is -2.61. The molecule has 93 heavy (non-hydrogen) atoms. The molecule has 3 aromatic rings. The number of carboxylic acids is 1. The number of hydrogen-bond donors (Lipinski definition) is 17. The highest BCUT2D eigenvalue weighted by Crippen LogP contribution is 2.21. The fraction of sp³-hybridized carbons (Fsp3) is 0.594. The monoisotopic (exact) mass is 1300 g/mol. The number of carbonyl (C=O) groups is 10. The van der Waals surface area contributed by atoms with Crippen molar-refractivity contribution >= 4 is 82.0 Å². The molecule has 9 amide bonds. The van der Waals surface area contributed by atoms with Crippen LogP contribution < -0.4 is 76.5 Å². The number of para-hydroxylation sites is 1. The predicted molar refractivity (Wildman–Crippen MR) is 355 cm³/mol. The van der Waals surface area contributed by atoms with Crippen LogP contribution in [0.4, 0.5) is 0 Å². The summed E-state index contributed by atoms with van der Waals surface area (Å²) in [5.41, 5.74) is 30.2. The minimum absolute atomic E-state index is 0.0236. The summed E-state index contributed by atoms with van der Waals surface area (Å²) in [6, 6.07) is 1.84. The third-order valence-corrected chi connectivity index (χ3v) is 14.7. The number of H-pyrrole nitrogens is 1. The maximum atomic E-state index is 15.0. The Morgan fingerprint density at radius 1 is 0.462 bits per heavy atom. The van der Waals surface area contributed by atoms with Gasteiger partial charge in [-0.3, -0.25) is 53.1 Å². The molecule has 2 aromatic carbocycles. The summed E-state index contributed by atoms with van der Waals surface area (Å²) in [5, 5.41) is 44.6. The van der Waals surface area contributed by atoms with Crippen molar-refractivity contribution in [2.24, 2.45) is 68.2 Å². The van der Waals surface area contributed by atoms with E-state index in [0.29, 0.717) is 17.5 Å². The minimum atomic E-state index is -1.39. The molecule has 0 spiro atoms. The van der Waals surface area contributed by atoms with E-state index in [0.717, 1.165) is 10.9 Å². The van der Waals surface area contributed by atoms with Gasteiger partial charge in [-0.25, -0.2) is 4.79 Å². The second-order valence-electron chi connectivity index (χ2n) is 25.7. The molecular formula is C64H103N17O12. The first-order valence-electron chi connectivity index (χ1n) is 31.8. The van der Waals surface area contributed by atoms with Crippen LogP contribution in [0.1, 0.15) is 138 Å². The third-order valence-electron chi connectivity index (χ3n) is 14.7. The van der Waals surface area contributed by atoms with E-state index in [1.54, 1.807) is 6.20 Å². The van der Waals surface area contributed by atoms with Gasteiger partial charge in [0.15, 0.2) is 11.9 Å². The van der Waals surface area contributed by atoms with Crippen LogP contribution in [-0.4, -0.2) is 160 Å².